The van der Waals surface area contributed by atoms with Gasteiger partial charge in [-0.15, -0.1) is 5.10 Å². The van der Waals surface area contributed by atoms with Gasteiger partial charge in [-0.3, -0.25) is 10.1 Å². The molecule has 0 atom stereocenters. The Morgan fingerprint density at radius 2 is 2.07 bits per heavy atom. The Morgan fingerprint density at radius 3 is 2.70 bits per heavy atom. The topological polar surface area (TPSA) is 133 Å². The highest BCUT2D eigenvalue weighted by Crippen LogP contribution is 2.34. The Labute approximate surface area is 168 Å². The Kier molecular flexibility index (Phi) is 5.60. The quantitative estimate of drug-likeness (QED) is 0.363. The van der Waals surface area contributed by atoms with Crippen molar-refractivity contribution in [3.05, 3.63) is 68.3 Å². The number of halogens is 3. The maximum atomic E-state index is 13.0. The first-order chi connectivity index (χ1) is 14.1. The number of alkyl halides is 3. The summed E-state index contributed by atoms with van der Waals surface area (Å²) in [7, 11) is 1.09. The van der Waals surface area contributed by atoms with Crippen LogP contribution in [0.2, 0.25) is 0 Å². The predicted octanol–water partition coefficient (Wildman–Crippen LogP) is 2.82. The molecule has 2 aromatic heterocycles. The van der Waals surface area contributed by atoms with Gasteiger partial charge < -0.3 is 4.74 Å². The fourth-order valence-corrected chi connectivity index (χ4v) is 3.25. The predicted molar refractivity (Wildman–Crippen MR) is 95.5 cm³/mol. The number of hydrogen-bond acceptors (Lipinski definition) is 8. The third-order valence-electron chi connectivity index (χ3n) is 3.71. The third-order valence-corrected chi connectivity index (χ3v) is 4.68. The molecule has 2 heterocycles. The summed E-state index contributed by atoms with van der Waals surface area (Å²) in [5, 5.41) is 16.7. The number of hydrogen-bond donors (Lipinski definition) is 1. The van der Waals surface area contributed by atoms with Gasteiger partial charge in [0, 0.05) is 12.3 Å². The van der Waals surface area contributed by atoms with Crippen LogP contribution in [-0.2, 0) is 10.9 Å². The third kappa shape index (κ3) is 4.17. The van der Waals surface area contributed by atoms with E-state index in [2.05, 4.69) is 19.9 Å². The first-order valence-corrected chi connectivity index (χ1v) is 8.69. The minimum atomic E-state index is -4.64. The largest absolute Gasteiger partial charge is 0.465 e. The summed E-state index contributed by atoms with van der Waals surface area (Å²) < 4.78 is 44.3. The Balaban J connectivity index is 2.06. The summed E-state index contributed by atoms with van der Waals surface area (Å²) in [5.74, 6) is -0.845. The average Bonchev–Trinajstić information content (AvgIpc) is 3.07. The van der Waals surface area contributed by atoms with Gasteiger partial charge in [-0.1, -0.05) is 6.07 Å². The molecule has 0 bridgehead atoms. The van der Waals surface area contributed by atoms with Crippen molar-refractivity contribution in [1.82, 2.24) is 19.7 Å². The first kappa shape index (κ1) is 21.0. The molecule has 0 unspecified atom stereocenters. The van der Waals surface area contributed by atoms with Crippen molar-refractivity contribution in [3.8, 4) is 5.69 Å². The molecule has 0 saturated carbocycles. The van der Waals surface area contributed by atoms with Gasteiger partial charge in [0.25, 0.3) is 0 Å². The molecule has 156 valence electrons. The summed E-state index contributed by atoms with van der Waals surface area (Å²) in [6.07, 6.45) is -3.61. The van der Waals surface area contributed by atoms with Gasteiger partial charge in [0.05, 0.1) is 28.8 Å². The zero-order valence-corrected chi connectivity index (χ0v) is 15.7. The van der Waals surface area contributed by atoms with Crippen LogP contribution in [0.1, 0.15) is 15.9 Å². The molecule has 0 saturated heterocycles. The lowest BCUT2D eigenvalue weighted by Gasteiger charge is -2.10. The second-order valence-corrected chi connectivity index (χ2v) is 6.55. The second kappa shape index (κ2) is 7.98. The normalized spacial score (nSPS) is 11.3. The molecule has 0 spiro atoms. The lowest BCUT2D eigenvalue weighted by Crippen LogP contribution is -2.16. The summed E-state index contributed by atoms with van der Waals surface area (Å²) in [6.45, 7) is 0. The standard InChI is InChI=1S/C16H10F3N5O5S/c1-29-13(25)8-5-11(24(27)28)12(20-7-8)30-15-22-21-14(26)23(15)10-4-2-3-9(6-10)16(17,18)19/h2-7H,1H3,(H,21,26). The van der Waals surface area contributed by atoms with Crippen LogP contribution in [0.3, 0.4) is 0 Å². The van der Waals surface area contributed by atoms with Crippen molar-refractivity contribution < 1.29 is 27.6 Å². The molecule has 0 aliphatic rings. The van der Waals surface area contributed by atoms with Crippen LogP contribution in [0.25, 0.3) is 5.69 Å². The number of methoxy groups -OCH3 is 1. The molecular weight excluding hydrogens is 431 g/mol. The molecule has 10 nitrogen and oxygen atoms in total. The molecule has 0 radical (unpaired) electrons. The van der Waals surface area contributed by atoms with E-state index in [1.165, 1.54) is 6.07 Å². The smallest absolute Gasteiger partial charge is 0.416 e. The molecule has 30 heavy (non-hydrogen) atoms. The lowest BCUT2D eigenvalue weighted by atomic mass is 10.2. The van der Waals surface area contributed by atoms with Crippen LogP contribution in [-0.4, -0.2) is 37.8 Å². The monoisotopic (exact) mass is 441 g/mol. The van der Waals surface area contributed by atoms with E-state index in [-0.39, 0.29) is 21.4 Å². The number of carbonyl (C=O) groups excluding carboxylic acids is 1. The van der Waals surface area contributed by atoms with E-state index in [9.17, 15) is 32.9 Å². The fourth-order valence-electron chi connectivity index (χ4n) is 2.37. The highest BCUT2D eigenvalue weighted by Gasteiger charge is 2.31. The van der Waals surface area contributed by atoms with Gasteiger partial charge in [0.15, 0.2) is 5.03 Å². The van der Waals surface area contributed by atoms with Crippen molar-refractivity contribution >= 4 is 23.4 Å². The number of aromatic amines is 1. The summed E-state index contributed by atoms with van der Waals surface area (Å²) >= 11 is 0.561. The van der Waals surface area contributed by atoms with E-state index in [0.29, 0.717) is 11.8 Å². The zero-order chi connectivity index (χ0) is 22.1. The molecule has 0 aliphatic carbocycles. The van der Waals surface area contributed by atoms with Crippen molar-refractivity contribution in [2.45, 2.75) is 16.4 Å². The van der Waals surface area contributed by atoms with Crippen molar-refractivity contribution in [2.24, 2.45) is 0 Å². The SMILES string of the molecule is COC(=O)c1cnc(Sc2n[nH]c(=O)n2-c2cccc(C(F)(F)F)c2)c([N+](=O)[O-])c1. The van der Waals surface area contributed by atoms with Crippen LogP contribution in [0.5, 0.6) is 0 Å². The van der Waals surface area contributed by atoms with E-state index in [1.54, 1.807) is 0 Å². The van der Waals surface area contributed by atoms with Crippen molar-refractivity contribution in [1.29, 1.82) is 0 Å². The second-order valence-electron chi connectivity index (χ2n) is 5.59. The molecule has 14 heteroatoms. The van der Waals surface area contributed by atoms with E-state index >= 15 is 0 Å². The van der Waals surface area contributed by atoms with E-state index in [1.807, 2.05) is 0 Å². The Morgan fingerprint density at radius 1 is 1.33 bits per heavy atom. The minimum Gasteiger partial charge on any atom is -0.465 e. The summed E-state index contributed by atoms with van der Waals surface area (Å²) in [5.41, 5.74) is -2.75. The number of nitrogens with zero attached hydrogens (tertiary/aromatic N) is 4. The van der Waals surface area contributed by atoms with Crippen LogP contribution >= 0.6 is 11.8 Å². The summed E-state index contributed by atoms with van der Waals surface area (Å²) in [4.78, 5) is 38.1. The van der Waals surface area contributed by atoms with Gasteiger partial charge in [-0.05, 0) is 30.0 Å². The molecular formula is C16H10F3N5O5S. The molecule has 0 fully saturated rings. The fraction of sp³-hybridized carbons (Fsp3) is 0.125. The van der Waals surface area contributed by atoms with Gasteiger partial charge in [0.1, 0.15) is 0 Å². The summed E-state index contributed by atoms with van der Waals surface area (Å²) in [6, 6.07) is 4.86. The highest BCUT2D eigenvalue weighted by molar-refractivity contribution is 7.99. The van der Waals surface area contributed by atoms with E-state index in [0.717, 1.165) is 42.1 Å². The average molecular weight is 441 g/mol. The minimum absolute atomic E-state index is 0.153. The number of esters is 1. The number of ether oxygens (including phenoxy) is 1. The highest BCUT2D eigenvalue weighted by atomic mass is 32.2. The van der Waals surface area contributed by atoms with Crippen molar-refractivity contribution in [3.63, 3.8) is 0 Å². The lowest BCUT2D eigenvalue weighted by molar-refractivity contribution is -0.388. The zero-order valence-electron chi connectivity index (χ0n) is 14.8. The number of H-pyrrole nitrogens is 1. The van der Waals surface area contributed by atoms with Crippen LogP contribution < -0.4 is 5.69 Å². The molecule has 1 aromatic carbocycles. The number of benzene rings is 1. The number of carbonyl (C=O) groups is 1. The number of rotatable bonds is 5. The van der Waals surface area contributed by atoms with Crippen molar-refractivity contribution in [2.75, 3.05) is 7.11 Å². The van der Waals surface area contributed by atoms with E-state index < -0.39 is 34.0 Å². The molecule has 0 amide bonds. The molecule has 0 aliphatic heterocycles. The van der Waals surface area contributed by atoms with E-state index in [4.69, 9.17) is 0 Å². The Bertz CT molecular complexity index is 1190. The maximum absolute atomic E-state index is 13.0. The number of nitro groups is 1. The molecule has 3 rings (SSSR count). The van der Waals surface area contributed by atoms with Gasteiger partial charge in [0.2, 0.25) is 5.16 Å². The number of aromatic nitrogens is 4. The number of pyridine rings is 1. The Hall–Kier alpha value is -3.68. The van der Waals surface area contributed by atoms with Crippen LogP contribution in [0.15, 0.2) is 51.5 Å². The number of nitrogens with one attached hydrogen (secondary N) is 1. The van der Waals surface area contributed by atoms with Gasteiger partial charge in [-0.25, -0.2) is 24.2 Å². The molecule has 3 aromatic rings. The first-order valence-electron chi connectivity index (χ1n) is 7.87. The maximum Gasteiger partial charge on any atom is 0.416 e. The van der Waals surface area contributed by atoms with Gasteiger partial charge in [-0.2, -0.15) is 13.2 Å². The molecule has 1 N–H and O–H groups in total. The van der Waals surface area contributed by atoms with Crippen LogP contribution in [0.4, 0.5) is 18.9 Å². The van der Waals surface area contributed by atoms with Crippen LogP contribution in [0, 0.1) is 10.1 Å². The van der Waals surface area contributed by atoms with Gasteiger partial charge >= 0.3 is 23.5 Å².